The summed E-state index contributed by atoms with van der Waals surface area (Å²) in [5.41, 5.74) is 2.25. The van der Waals surface area contributed by atoms with E-state index in [1.165, 1.54) is 32.1 Å². The van der Waals surface area contributed by atoms with Crippen molar-refractivity contribution in [1.82, 2.24) is 5.32 Å². The molecule has 110 valence electrons. The van der Waals surface area contributed by atoms with Crippen molar-refractivity contribution in [3.63, 3.8) is 0 Å². The molecule has 0 unspecified atom stereocenters. The Labute approximate surface area is 126 Å². The summed E-state index contributed by atoms with van der Waals surface area (Å²) >= 11 is 5.77. The Balaban J connectivity index is 1.80. The van der Waals surface area contributed by atoms with Crippen molar-refractivity contribution in [2.45, 2.75) is 57.4 Å². The minimum Gasteiger partial charge on any atom is -0.352 e. The van der Waals surface area contributed by atoms with E-state index in [1.54, 1.807) is 0 Å². The maximum Gasteiger partial charge on any atom is 0.223 e. The Morgan fingerprint density at radius 3 is 2.15 bits per heavy atom. The fraction of sp³-hybridized carbons (Fsp3) is 0.588. The van der Waals surface area contributed by atoms with Crippen LogP contribution in [0, 0.1) is 5.92 Å². The summed E-state index contributed by atoms with van der Waals surface area (Å²) in [6.45, 7) is 0.623. The van der Waals surface area contributed by atoms with Crippen LogP contribution >= 0.6 is 11.6 Å². The van der Waals surface area contributed by atoms with Gasteiger partial charge in [0.15, 0.2) is 0 Å². The van der Waals surface area contributed by atoms with Crippen LogP contribution < -0.4 is 5.32 Å². The standard InChI is InChI=1S/C17H24ClNO/c18-12-14-8-10-15(11-9-14)13-19-17(20)16-6-4-2-1-3-5-7-16/h8-11,16H,1-7,12-13H2,(H,19,20). The average molecular weight is 294 g/mol. The van der Waals surface area contributed by atoms with Gasteiger partial charge in [0.05, 0.1) is 0 Å². The van der Waals surface area contributed by atoms with E-state index in [1.807, 2.05) is 24.3 Å². The third-order valence-electron chi connectivity index (χ3n) is 4.12. The summed E-state index contributed by atoms with van der Waals surface area (Å²) in [5.74, 6) is 0.986. The van der Waals surface area contributed by atoms with Gasteiger partial charge < -0.3 is 5.32 Å². The molecule has 1 aliphatic rings. The predicted octanol–water partition coefficient (Wildman–Crippen LogP) is 4.40. The molecule has 3 heteroatoms. The lowest BCUT2D eigenvalue weighted by Gasteiger charge is -2.19. The molecule has 1 N–H and O–H groups in total. The minimum absolute atomic E-state index is 0.220. The maximum absolute atomic E-state index is 12.2. The van der Waals surface area contributed by atoms with Gasteiger partial charge in [-0.2, -0.15) is 0 Å². The van der Waals surface area contributed by atoms with E-state index in [0.29, 0.717) is 12.4 Å². The van der Waals surface area contributed by atoms with Crippen LogP contribution in [0.3, 0.4) is 0 Å². The summed E-state index contributed by atoms with van der Waals surface area (Å²) in [7, 11) is 0. The van der Waals surface area contributed by atoms with Gasteiger partial charge in [-0.15, -0.1) is 11.6 Å². The van der Waals surface area contributed by atoms with Crippen LogP contribution in [0.4, 0.5) is 0 Å². The van der Waals surface area contributed by atoms with E-state index in [-0.39, 0.29) is 11.8 Å². The van der Waals surface area contributed by atoms with Crippen LogP contribution in [-0.4, -0.2) is 5.91 Å². The second-order valence-corrected chi connectivity index (χ2v) is 5.98. The second-order valence-electron chi connectivity index (χ2n) is 5.71. The van der Waals surface area contributed by atoms with Crippen molar-refractivity contribution in [3.8, 4) is 0 Å². The van der Waals surface area contributed by atoms with Gasteiger partial charge in [0.25, 0.3) is 0 Å². The zero-order chi connectivity index (χ0) is 14.2. The molecule has 1 fully saturated rings. The Morgan fingerprint density at radius 2 is 1.55 bits per heavy atom. The van der Waals surface area contributed by atoms with E-state index in [0.717, 1.165) is 24.0 Å². The molecular weight excluding hydrogens is 270 g/mol. The van der Waals surface area contributed by atoms with E-state index >= 15 is 0 Å². The van der Waals surface area contributed by atoms with Crippen LogP contribution in [0.2, 0.25) is 0 Å². The topological polar surface area (TPSA) is 29.1 Å². The van der Waals surface area contributed by atoms with E-state index in [4.69, 9.17) is 11.6 Å². The molecule has 1 saturated carbocycles. The van der Waals surface area contributed by atoms with Gasteiger partial charge in [-0.05, 0) is 24.0 Å². The summed E-state index contributed by atoms with van der Waals surface area (Å²) in [5, 5.41) is 3.08. The molecule has 2 rings (SSSR count). The number of amides is 1. The Morgan fingerprint density at radius 1 is 1.00 bits per heavy atom. The quantitative estimate of drug-likeness (QED) is 0.819. The SMILES string of the molecule is O=C(NCc1ccc(CCl)cc1)C1CCCCCCC1. The third-order valence-corrected chi connectivity index (χ3v) is 4.43. The highest BCUT2D eigenvalue weighted by molar-refractivity contribution is 6.17. The fourth-order valence-electron chi connectivity index (χ4n) is 2.80. The van der Waals surface area contributed by atoms with Crippen molar-refractivity contribution in [1.29, 1.82) is 0 Å². The van der Waals surface area contributed by atoms with Gasteiger partial charge in [-0.3, -0.25) is 4.79 Å². The zero-order valence-electron chi connectivity index (χ0n) is 12.0. The highest BCUT2D eigenvalue weighted by Crippen LogP contribution is 2.22. The maximum atomic E-state index is 12.2. The Hall–Kier alpha value is -1.02. The summed E-state index contributed by atoms with van der Waals surface area (Å²) in [6.07, 6.45) is 8.40. The van der Waals surface area contributed by atoms with Crippen LogP contribution in [-0.2, 0) is 17.2 Å². The molecule has 0 radical (unpaired) electrons. The molecule has 1 aromatic rings. The molecule has 2 nitrogen and oxygen atoms in total. The predicted molar refractivity (Wildman–Crippen MR) is 83.7 cm³/mol. The largest absolute Gasteiger partial charge is 0.352 e. The lowest BCUT2D eigenvalue weighted by molar-refractivity contribution is -0.125. The smallest absolute Gasteiger partial charge is 0.223 e. The van der Waals surface area contributed by atoms with Gasteiger partial charge >= 0.3 is 0 Å². The van der Waals surface area contributed by atoms with E-state index in [2.05, 4.69) is 5.32 Å². The second kappa shape index (κ2) is 8.31. The molecule has 0 aromatic heterocycles. The monoisotopic (exact) mass is 293 g/mol. The van der Waals surface area contributed by atoms with Crippen molar-refractivity contribution in [2.24, 2.45) is 5.92 Å². The first-order valence-corrected chi connectivity index (χ1v) is 8.24. The van der Waals surface area contributed by atoms with Crippen LogP contribution in [0.5, 0.6) is 0 Å². The minimum atomic E-state index is 0.220. The lowest BCUT2D eigenvalue weighted by atomic mass is 9.90. The van der Waals surface area contributed by atoms with Crippen molar-refractivity contribution in [2.75, 3.05) is 0 Å². The molecule has 0 spiro atoms. The van der Waals surface area contributed by atoms with Gasteiger partial charge in [0, 0.05) is 18.3 Å². The first kappa shape index (κ1) is 15.4. The molecule has 0 saturated heterocycles. The Bertz CT molecular complexity index is 408. The number of halogens is 1. The average Bonchev–Trinajstić information content (AvgIpc) is 2.45. The molecule has 1 aliphatic carbocycles. The highest BCUT2D eigenvalue weighted by atomic mass is 35.5. The number of carbonyl (C=O) groups excluding carboxylic acids is 1. The van der Waals surface area contributed by atoms with Gasteiger partial charge in [0.2, 0.25) is 5.91 Å². The Kier molecular flexibility index (Phi) is 6.38. The normalized spacial score (nSPS) is 17.2. The molecule has 1 amide bonds. The first-order valence-electron chi connectivity index (χ1n) is 7.71. The van der Waals surface area contributed by atoms with Gasteiger partial charge in [0.1, 0.15) is 0 Å². The molecule has 20 heavy (non-hydrogen) atoms. The third kappa shape index (κ3) is 4.82. The molecule has 0 aliphatic heterocycles. The van der Waals surface area contributed by atoms with E-state index < -0.39 is 0 Å². The number of carbonyl (C=O) groups is 1. The molecule has 0 bridgehead atoms. The van der Waals surface area contributed by atoms with Crippen LogP contribution in [0.25, 0.3) is 0 Å². The fourth-order valence-corrected chi connectivity index (χ4v) is 2.98. The van der Waals surface area contributed by atoms with Crippen LogP contribution in [0.1, 0.15) is 56.1 Å². The number of alkyl halides is 1. The van der Waals surface area contributed by atoms with Crippen LogP contribution in [0.15, 0.2) is 24.3 Å². The van der Waals surface area contributed by atoms with Gasteiger partial charge in [-0.1, -0.05) is 56.4 Å². The van der Waals surface area contributed by atoms with Crippen molar-refractivity contribution < 1.29 is 4.79 Å². The highest BCUT2D eigenvalue weighted by Gasteiger charge is 2.18. The number of nitrogens with one attached hydrogen (secondary N) is 1. The number of rotatable bonds is 4. The van der Waals surface area contributed by atoms with Gasteiger partial charge in [-0.25, -0.2) is 0 Å². The summed E-state index contributed by atoms with van der Waals surface area (Å²) in [6, 6.07) is 8.11. The molecular formula is C17H24ClNO. The van der Waals surface area contributed by atoms with Crippen molar-refractivity contribution >= 4 is 17.5 Å². The first-order chi connectivity index (χ1) is 9.79. The summed E-state index contributed by atoms with van der Waals surface area (Å²) in [4.78, 5) is 12.2. The van der Waals surface area contributed by atoms with E-state index in [9.17, 15) is 4.79 Å². The van der Waals surface area contributed by atoms with Crippen molar-refractivity contribution in [3.05, 3.63) is 35.4 Å². The molecule has 0 heterocycles. The number of hydrogen-bond acceptors (Lipinski definition) is 1. The lowest BCUT2D eigenvalue weighted by Crippen LogP contribution is -2.30. The molecule has 0 atom stereocenters. The number of benzene rings is 1. The summed E-state index contributed by atoms with van der Waals surface area (Å²) < 4.78 is 0. The molecule has 1 aromatic carbocycles. The number of hydrogen-bond donors (Lipinski definition) is 1. The zero-order valence-corrected chi connectivity index (χ0v) is 12.8.